The zero-order chi connectivity index (χ0) is 14.2. The zero-order valence-electron chi connectivity index (χ0n) is 10.3. The fourth-order valence-corrected chi connectivity index (χ4v) is 2.50. The molecule has 2 aliphatic rings. The van der Waals surface area contributed by atoms with Crippen LogP contribution in [0.3, 0.4) is 0 Å². The Bertz CT molecular complexity index is 363. The summed E-state index contributed by atoms with van der Waals surface area (Å²) >= 11 is 0. The molecule has 0 spiro atoms. The standard InChI is InChI=1S/C12H16F3NO3/c13-12(14,15)6-16(5-9(17)18)11(19)10(7-1-2-7)8-3-4-8/h7-8,10H,1-6H2,(H,17,18). The summed E-state index contributed by atoms with van der Waals surface area (Å²) in [7, 11) is 0. The molecule has 7 heteroatoms. The number of hydrogen-bond donors (Lipinski definition) is 1. The fraction of sp³-hybridized carbons (Fsp3) is 0.833. The van der Waals surface area contributed by atoms with E-state index in [1.165, 1.54) is 0 Å². The molecule has 0 aromatic carbocycles. The third kappa shape index (κ3) is 4.11. The number of rotatable bonds is 6. The molecule has 0 aromatic rings. The van der Waals surface area contributed by atoms with Crippen LogP contribution in [0.25, 0.3) is 0 Å². The fourth-order valence-electron chi connectivity index (χ4n) is 2.50. The highest BCUT2D eigenvalue weighted by molar-refractivity contribution is 5.84. The van der Waals surface area contributed by atoms with Crippen LogP contribution in [0, 0.1) is 17.8 Å². The Kier molecular flexibility index (Phi) is 3.73. The van der Waals surface area contributed by atoms with Crippen LogP contribution in [0.4, 0.5) is 13.2 Å². The summed E-state index contributed by atoms with van der Waals surface area (Å²) in [4.78, 5) is 23.3. The van der Waals surface area contributed by atoms with Crippen LogP contribution in [-0.4, -0.2) is 41.1 Å². The van der Waals surface area contributed by atoms with Crippen molar-refractivity contribution in [3.63, 3.8) is 0 Å². The molecule has 2 rings (SSSR count). The van der Waals surface area contributed by atoms with Crippen molar-refractivity contribution in [2.24, 2.45) is 17.8 Å². The van der Waals surface area contributed by atoms with Crippen molar-refractivity contribution < 1.29 is 27.9 Å². The lowest BCUT2D eigenvalue weighted by molar-refractivity contribution is -0.168. The molecular formula is C12H16F3NO3. The second kappa shape index (κ2) is 5.02. The summed E-state index contributed by atoms with van der Waals surface area (Å²) < 4.78 is 37.3. The number of halogens is 3. The van der Waals surface area contributed by atoms with Crippen LogP contribution < -0.4 is 0 Å². The maximum atomic E-state index is 12.4. The third-order valence-corrected chi connectivity index (χ3v) is 3.55. The second-order valence-corrected chi connectivity index (χ2v) is 5.40. The number of hydrogen-bond acceptors (Lipinski definition) is 2. The molecule has 1 amide bonds. The Labute approximate surface area is 108 Å². The van der Waals surface area contributed by atoms with E-state index in [0.29, 0.717) is 4.90 Å². The van der Waals surface area contributed by atoms with Gasteiger partial charge >= 0.3 is 12.1 Å². The molecule has 2 aliphatic carbocycles. The summed E-state index contributed by atoms with van der Waals surface area (Å²) in [5.74, 6) is -2.14. The number of carbonyl (C=O) groups is 2. The van der Waals surface area contributed by atoms with Crippen molar-refractivity contribution in [2.45, 2.75) is 31.9 Å². The molecule has 0 unspecified atom stereocenters. The predicted octanol–water partition coefficient (Wildman–Crippen LogP) is 1.90. The van der Waals surface area contributed by atoms with Gasteiger partial charge in [0, 0.05) is 5.92 Å². The van der Waals surface area contributed by atoms with Crippen molar-refractivity contribution >= 4 is 11.9 Å². The van der Waals surface area contributed by atoms with Gasteiger partial charge in [0.15, 0.2) is 0 Å². The summed E-state index contributed by atoms with van der Waals surface area (Å²) in [6, 6.07) is 0. The van der Waals surface area contributed by atoms with E-state index in [1.807, 2.05) is 0 Å². The monoisotopic (exact) mass is 279 g/mol. The van der Waals surface area contributed by atoms with E-state index in [4.69, 9.17) is 5.11 Å². The van der Waals surface area contributed by atoms with Crippen LogP contribution in [0.2, 0.25) is 0 Å². The molecular weight excluding hydrogens is 263 g/mol. The van der Waals surface area contributed by atoms with Crippen molar-refractivity contribution in [2.75, 3.05) is 13.1 Å². The largest absolute Gasteiger partial charge is 0.480 e. The number of amides is 1. The smallest absolute Gasteiger partial charge is 0.406 e. The normalized spacial score (nSPS) is 19.6. The molecule has 0 saturated heterocycles. The Hall–Kier alpha value is -1.27. The first kappa shape index (κ1) is 14.1. The van der Waals surface area contributed by atoms with Gasteiger partial charge in [-0.1, -0.05) is 0 Å². The first-order chi connectivity index (χ1) is 8.78. The van der Waals surface area contributed by atoms with E-state index in [1.54, 1.807) is 0 Å². The average Bonchev–Trinajstić information content (AvgIpc) is 3.08. The summed E-state index contributed by atoms with van der Waals surface area (Å²) in [5, 5.41) is 8.66. The molecule has 0 bridgehead atoms. The lowest BCUT2D eigenvalue weighted by Gasteiger charge is -2.27. The van der Waals surface area contributed by atoms with Crippen molar-refractivity contribution in [3.8, 4) is 0 Å². The minimum absolute atomic E-state index is 0.157. The van der Waals surface area contributed by atoms with Crippen LogP contribution in [0.15, 0.2) is 0 Å². The van der Waals surface area contributed by atoms with Gasteiger partial charge in [0.2, 0.25) is 5.91 Å². The number of carbonyl (C=O) groups excluding carboxylic acids is 1. The Morgan fingerprint density at radius 1 is 1.16 bits per heavy atom. The molecule has 4 nitrogen and oxygen atoms in total. The lowest BCUT2D eigenvalue weighted by atomic mass is 9.96. The minimum atomic E-state index is -4.57. The molecule has 0 aliphatic heterocycles. The van der Waals surface area contributed by atoms with Gasteiger partial charge in [0.25, 0.3) is 0 Å². The second-order valence-electron chi connectivity index (χ2n) is 5.40. The molecule has 0 atom stereocenters. The Morgan fingerprint density at radius 3 is 1.95 bits per heavy atom. The molecule has 108 valence electrons. The van der Waals surface area contributed by atoms with Gasteiger partial charge in [0.05, 0.1) is 0 Å². The number of aliphatic carboxylic acids is 1. The Morgan fingerprint density at radius 2 is 1.63 bits per heavy atom. The van der Waals surface area contributed by atoms with E-state index in [9.17, 15) is 22.8 Å². The molecule has 1 N–H and O–H groups in total. The molecule has 2 fully saturated rings. The van der Waals surface area contributed by atoms with Crippen LogP contribution in [0.1, 0.15) is 25.7 Å². The first-order valence-electron chi connectivity index (χ1n) is 6.35. The number of carboxylic acid groups (broad SMARTS) is 1. The quantitative estimate of drug-likeness (QED) is 0.808. The van der Waals surface area contributed by atoms with Gasteiger partial charge < -0.3 is 10.0 Å². The highest BCUT2D eigenvalue weighted by Gasteiger charge is 2.48. The minimum Gasteiger partial charge on any atom is -0.480 e. The molecule has 0 radical (unpaired) electrons. The van der Waals surface area contributed by atoms with Gasteiger partial charge in [-0.25, -0.2) is 0 Å². The molecule has 0 heterocycles. The number of alkyl halides is 3. The van der Waals surface area contributed by atoms with E-state index < -0.39 is 37.1 Å². The van der Waals surface area contributed by atoms with Crippen LogP contribution >= 0.6 is 0 Å². The maximum absolute atomic E-state index is 12.4. The van der Waals surface area contributed by atoms with Gasteiger partial charge in [-0.05, 0) is 37.5 Å². The zero-order valence-corrected chi connectivity index (χ0v) is 10.3. The summed E-state index contributed by atoms with van der Waals surface area (Å²) in [5.41, 5.74) is 0. The van der Waals surface area contributed by atoms with E-state index in [2.05, 4.69) is 0 Å². The van der Waals surface area contributed by atoms with Gasteiger partial charge in [-0.2, -0.15) is 13.2 Å². The molecule has 19 heavy (non-hydrogen) atoms. The van der Waals surface area contributed by atoms with Crippen molar-refractivity contribution in [1.29, 1.82) is 0 Å². The Balaban J connectivity index is 2.06. The summed E-state index contributed by atoms with van der Waals surface area (Å²) in [6.07, 6.45) is -1.12. The van der Waals surface area contributed by atoms with E-state index in [0.717, 1.165) is 25.7 Å². The van der Waals surface area contributed by atoms with Crippen LogP contribution in [-0.2, 0) is 9.59 Å². The number of nitrogens with zero attached hydrogens (tertiary/aromatic N) is 1. The maximum Gasteiger partial charge on any atom is 0.406 e. The van der Waals surface area contributed by atoms with Gasteiger partial charge in [-0.15, -0.1) is 0 Å². The van der Waals surface area contributed by atoms with Crippen molar-refractivity contribution in [3.05, 3.63) is 0 Å². The lowest BCUT2D eigenvalue weighted by Crippen LogP contribution is -2.45. The van der Waals surface area contributed by atoms with Crippen LogP contribution in [0.5, 0.6) is 0 Å². The molecule has 2 saturated carbocycles. The van der Waals surface area contributed by atoms with E-state index >= 15 is 0 Å². The first-order valence-corrected chi connectivity index (χ1v) is 6.35. The average molecular weight is 279 g/mol. The highest BCUT2D eigenvalue weighted by atomic mass is 19.4. The summed E-state index contributed by atoms with van der Waals surface area (Å²) in [6.45, 7) is -2.36. The van der Waals surface area contributed by atoms with Crippen molar-refractivity contribution in [1.82, 2.24) is 4.90 Å². The predicted molar refractivity (Wildman–Crippen MR) is 59.2 cm³/mol. The van der Waals surface area contributed by atoms with E-state index in [-0.39, 0.29) is 11.8 Å². The third-order valence-electron chi connectivity index (χ3n) is 3.55. The highest BCUT2D eigenvalue weighted by Crippen LogP contribution is 2.50. The van der Waals surface area contributed by atoms with Gasteiger partial charge in [0.1, 0.15) is 13.1 Å². The SMILES string of the molecule is O=C(O)CN(CC(F)(F)F)C(=O)C(C1CC1)C1CC1. The number of carboxylic acids is 1. The van der Waals surface area contributed by atoms with Gasteiger partial charge in [-0.3, -0.25) is 9.59 Å². The topological polar surface area (TPSA) is 57.6 Å². The molecule has 0 aromatic heterocycles.